The Hall–Kier alpha value is -1.82. The van der Waals surface area contributed by atoms with Crippen LogP contribution in [-0.2, 0) is 9.59 Å². The molecular formula is C12H12FNO3S. The van der Waals surface area contributed by atoms with Gasteiger partial charge < -0.3 is 10.4 Å². The molecule has 4 nitrogen and oxygen atoms in total. The molecule has 18 heavy (non-hydrogen) atoms. The molecule has 0 saturated heterocycles. The molecular weight excluding hydrogens is 257 g/mol. The summed E-state index contributed by atoms with van der Waals surface area (Å²) in [6, 6.07) is 4.08. The van der Waals surface area contributed by atoms with Crippen LogP contribution in [0.4, 0.5) is 10.1 Å². The van der Waals surface area contributed by atoms with Crippen LogP contribution in [0, 0.1) is 5.82 Å². The highest BCUT2D eigenvalue weighted by atomic mass is 32.2. The van der Waals surface area contributed by atoms with Gasteiger partial charge in [0.05, 0.1) is 5.75 Å². The quantitative estimate of drug-likeness (QED) is 0.804. The third kappa shape index (κ3) is 4.58. The van der Waals surface area contributed by atoms with Crippen LogP contribution in [0.3, 0.4) is 0 Å². The molecule has 0 aliphatic carbocycles. The minimum atomic E-state index is -1.15. The molecule has 1 aromatic rings. The summed E-state index contributed by atoms with van der Waals surface area (Å²) >= 11 is 1.37. The third-order valence-corrected chi connectivity index (χ3v) is 2.52. The zero-order valence-corrected chi connectivity index (χ0v) is 10.5. The lowest BCUT2D eigenvalue weighted by Gasteiger charge is -2.05. The number of carboxylic acid groups (broad SMARTS) is 1. The van der Waals surface area contributed by atoms with E-state index < -0.39 is 11.8 Å². The molecule has 1 rings (SSSR count). The summed E-state index contributed by atoms with van der Waals surface area (Å²) in [5.41, 5.74) is 0.499. The van der Waals surface area contributed by atoms with E-state index in [0.29, 0.717) is 11.4 Å². The Labute approximate surface area is 108 Å². The Balaban J connectivity index is 2.79. The summed E-state index contributed by atoms with van der Waals surface area (Å²) in [6.45, 7) is 0. The lowest BCUT2D eigenvalue weighted by molar-refractivity contribution is -0.131. The van der Waals surface area contributed by atoms with Gasteiger partial charge in [-0.15, -0.1) is 0 Å². The van der Waals surface area contributed by atoms with E-state index in [1.807, 2.05) is 0 Å². The molecule has 0 spiro atoms. The van der Waals surface area contributed by atoms with Crippen LogP contribution >= 0.6 is 11.8 Å². The number of carbonyl (C=O) groups excluding carboxylic acids is 1. The molecule has 0 bridgehead atoms. The Morgan fingerprint density at radius 3 is 2.78 bits per heavy atom. The van der Waals surface area contributed by atoms with E-state index in [1.54, 1.807) is 6.26 Å². The van der Waals surface area contributed by atoms with Crippen molar-refractivity contribution in [2.45, 2.75) is 0 Å². The minimum absolute atomic E-state index is 0.153. The van der Waals surface area contributed by atoms with Crippen LogP contribution in [0.2, 0.25) is 0 Å². The van der Waals surface area contributed by atoms with Gasteiger partial charge in [0.1, 0.15) is 5.82 Å². The summed E-state index contributed by atoms with van der Waals surface area (Å²) < 4.78 is 13.5. The lowest BCUT2D eigenvalue weighted by Crippen LogP contribution is -2.13. The molecule has 1 amide bonds. The van der Waals surface area contributed by atoms with Crippen molar-refractivity contribution in [2.24, 2.45) is 0 Å². The summed E-state index contributed by atoms with van der Waals surface area (Å²) in [6.07, 6.45) is 3.80. The van der Waals surface area contributed by atoms with Crippen molar-refractivity contribution in [1.29, 1.82) is 0 Å². The molecule has 0 aliphatic rings. The number of hydrogen-bond donors (Lipinski definition) is 2. The van der Waals surface area contributed by atoms with E-state index in [-0.39, 0.29) is 11.5 Å². The van der Waals surface area contributed by atoms with E-state index in [9.17, 15) is 14.0 Å². The first kappa shape index (κ1) is 14.2. The molecule has 0 unspecified atom stereocenters. The second kappa shape index (κ2) is 6.80. The van der Waals surface area contributed by atoms with E-state index in [0.717, 1.165) is 18.2 Å². The normalized spacial score (nSPS) is 10.6. The number of nitrogens with one attached hydrogen (secondary N) is 1. The molecule has 0 heterocycles. The average molecular weight is 269 g/mol. The predicted octanol–water partition coefficient (Wildman–Crippen LogP) is 2.22. The SMILES string of the molecule is CSCC(=O)Nc1ccc(C=CC(=O)O)c(F)c1. The number of thioether (sulfide) groups is 1. The number of amides is 1. The fourth-order valence-corrected chi connectivity index (χ4v) is 1.56. The van der Waals surface area contributed by atoms with E-state index in [4.69, 9.17) is 5.11 Å². The predicted molar refractivity (Wildman–Crippen MR) is 70.1 cm³/mol. The van der Waals surface area contributed by atoms with Crippen molar-refractivity contribution in [3.05, 3.63) is 35.7 Å². The van der Waals surface area contributed by atoms with Gasteiger partial charge in [-0.1, -0.05) is 0 Å². The Kier molecular flexibility index (Phi) is 5.38. The second-order valence-corrected chi connectivity index (χ2v) is 4.26. The fraction of sp³-hybridized carbons (Fsp3) is 0.167. The van der Waals surface area contributed by atoms with E-state index in [2.05, 4.69) is 5.32 Å². The van der Waals surface area contributed by atoms with Gasteiger partial charge in [-0.25, -0.2) is 9.18 Å². The number of anilines is 1. The van der Waals surface area contributed by atoms with Gasteiger partial charge in [0.2, 0.25) is 5.91 Å². The smallest absolute Gasteiger partial charge is 0.328 e. The zero-order valence-electron chi connectivity index (χ0n) is 9.64. The molecule has 96 valence electrons. The van der Waals surface area contributed by atoms with Gasteiger partial charge in [0.25, 0.3) is 0 Å². The highest BCUT2D eigenvalue weighted by molar-refractivity contribution is 7.99. The van der Waals surface area contributed by atoms with Crippen LogP contribution < -0.4 is 5.32 Å². The van der Waals surface area contributed by atoms with Gasteiger partial charge >= 0.3 is 5.97 Å². The summed E-state index contributed by atoms with van der Waals surface area (Å²) in [7, 11) is 0. The number of carboxylic acids is 1. The zero-order chi connectivity index (χ0) is 13.5. The van der Waals surface area contributed by atoms with Crippen molar-refractivity contribution < 1.29 is 19.1 Å². The highest BCUT2D eigenvalue weighted by Crippen LogP contribution is 2.16. The van der Waals surface area contributed by atoms with Crippen molar-refractivity contribution >= 4 is 35.4 Å². The van der Waals surface area contributed by atoms with Crippen LogP contribution in [0.15, 0.2) is 24.3 Å². The van der Waals surface area contributed by atoms with Crippen molar-refractivity contribution in [3.8, 4) is 0 Å². The van der Waals surface area contributed by atoms with Crippen LogP contribution in [0.25, 0.3) is 6.08 Å². The topological polar surface area (TPSA) is 66.4 Å². The molecule has 0 radical (unpaired) electrons. The molecule has 0 fully saturated rings. The summed E-state index contributed by atoms with van der Waals surface area (Å²) in [5.74, 6) is -1.65. The number of hydrogen-bond acceptors (Lipinski definition) is 3. The third-order valence-electron chi connectivity index (χ3n) is 1.97. The average Bonchev–Trinajstić information content (AvgIpc) is 2.28. The van der Waals surface area contributed by atoms with Crippen molar-refractivity contribution in [1.82, 2.24) is 0 Å². The van der Waals surface area contributed by atoms with E-state index >= 15 is 0 Å². The molecule has 2 N–H and O–H groups in total. The molecule has 0 atom stereocenters. The largest absolute Gasteiger partial charge is 0.478 e. The molecule has 0 saturated carbocycles. The Bertz CT molecular complexity index is 488. The molecule has 1 aromatic carbocycles. The molecule has 0 aromatic heterocycles. The van der Waals surface area contributed by atoms with E-state index in [1.165, 1.54) is 23.9 Å². The standard InChI is InChI=1S/C12H12FNO3S/c1-18-7-11(15)14-9-4-2-8(10(13)6-9)3-5-12(16)17/h2-6H,7H2,1H3,(H,14,15)(H,16,17). The van der Waals surface area contributed by atoms with Crippen molar-refractivity contribution in [3.63, 3.8) is 0 Å². The lowest BCUT2D eigenvalue weighted by atomic mass is 10.1. The van der Waals surface area contributed by atoms with Crippen LogP contribution in [0.5, 0.6) is 0 Å². The first-order chi connectivity index (χ1) is 8.52. The van der Waals surface area contributed by atoms with Gasteiger partial charge in [-0.3, -0.25) is 4.79 Å². The maximum atomic E-state index is 13.5. The molecule has 6 heteroatoms. The van der Waals surface area contributed by atoms with Gasteiger partial charge in [-0.2, -0.15) is 11.8 Å². The number of carbonyl (C=O) groups is 2. The number of halogens is 1. The fourth-order valence-electron chi connectivity index (χ4n) is 1.23. The Morgan fingerprint density at radius 2 is 2.22 bits per heavy atom. The number of rotatable bonds is 5. The first-order valence-electron chi connectivity index (χ1n) is 5.02. The van der Waals surface area contributed by atoms with Gasteiger partial charge in [-0.05, 0) is 30.5 Å². The Morgan fingerprint density at radius 1 is 1.50 bits per heavy atom. The van der Waals surface area contributed by atoms with Crippen LogP contribution in [-0.4, -0.2) is 29.0 Å². The summed E-state index contributed by atoms with van der Waals surface area (Å²) in [4.78, 5) is 21.6. The maximum absolute atomic E-state index is 13.5. The number of benzene rings is 1. The minimum Gasteiger partial charge on any atom is -0.478 e. The highest BCUT2D eigenvalue weighted by Gasteiger charge is 2.04. The maximum Gasteiger partial charge on any atom is 0.328 e. The number of aliphatic carboxylic acids is 1. The second-order valence-electron chi connectivity index (χ2n) is 3.39. The summed E-state index contributed by atoms with van der Waals surface area (Å²) in [5, 5.41) is 11.0. The molecule has 0 aliphatic heterocycles. The monoisotopic (exact) mass is 269 g/mol. The first-order valence-corrected chi connectivity index (χ1v) is 6.41. The van der Waals surface area contributed by atoms with Crippen molar-refractivity contribution in [2.75, 3.05) is 17.3 Å². The van der Waals surface area contributed by atoms with Gasteiger partial charge in [0.15, 0.2) is 0 Å². The van der Waals surface area contributed by atoms with Gasteiger partial charge in [0, 0.05) is 17.3 Å². The van der Waals surface area contributed by atoms with Crippen LogP contribution in [0.1, 0.15) is 5.56 Å².